The topological polar surface area (TPSA) is 24.5 Å². The van der Waals surface area contributed by atoms with Crippen molar-refractivity contribution >= 4 is 0 Å². The van der Waals surface area contributed by atoms with Gasteiger partial charge >= 0.3 is 0 Å². The highest BCUT2D eigenvalue weighted by atomic mass is 16.5. The van der Waals surface area contributed by atoms with Crippen LogP contribution >= 0.6 is 0 Å². The number of hydrogen-bond acceptors (Lipinski definition) is 3. The van der Waals surface area contributed by atoms with Crippen LogP contribution in [0.4, 0.5) is 0 Å². The number of para-hydroxylation sites is 1. The second-order valence-electron chi connectivity index (χ2n) is 6.22. The molecule has 0 spiro atoms. The molecule has 2 fully saturated rings. The Kier molecular flexibility index (Phi) is 4.58. The van der Waals surface area contributed by atoms with Crippen molar-refractivity contribution in [3.63, 3.8) is 0 Å². The molecule has 3 rings (SSSR count). The molecule has 3 heteroatoms. The van der Waals surface area contributed by atoms with E-state index in [9.17, 15) is 0 Å². The van der Waals surface area contributed by atoms with Crippen LogP contribution in [0.5, 0.6) is 5.75 Å². The molecule has 1 aliphatic carbocycles. The molecular weight excluding hydrogens is 248 g/mol. The van der Waals surface area contributed by atoms with Crippen LogP contribution in [-0.2, 0) is 6.54 Å². The molecular formula is C17H26N2O. The number of ether oxygens (including phenoxy) is 1. The van der Waals surface area contributed by atoms with E-state index in [2.05, 4.69) is 41.4 Å². The average molecular weight is 274 g/mol. The number of piperazine rings is 1. The maximum Gasteiger partial charge on any atom is 0.124 e. The fraction of sp³-hybridized carbons (Fsp3) is 0.647. The quantitative estimate of drug-likeness (QED) is 0.913. The summed E-state index contributed by atoms with van der Waals surface area (Å²) in [5, 5.41) is 3.50. The van der Waals surface area contributed by atoms with Crippen molar-refractivity contribution in [3.05, 3.63) is 29.8 Å². The highest BCUT2D eigenvalue weighted by molar-refractivity contribution is 5.33. The first-order valence-electron chi connectivity index (χ1n) is 8.01. The lowest BCUT2D eigenvalue weighted by atomic mass is 10.1. The molecule has 1 aromatic rings. The van der Waals surface area contributed by atoms with E-state index < -0.39 is 0 Å². The molecule has 1 N–H and O–H groups in total. The Balaban J connectivity index is 1.65. The monoisotopic (exact) mass is 274 g/mol. The molecule has 1 heterocycles. The summed E-state index contributed by atoms with van der Waals surface area (Å²) in [5.74, 6) is 1.10. The van der Waals surface area contributed by atoms with Gasteiger partial charge < -0.3 is 10.1 Å². The summed E-state index contributed by atoms with van der Waals surface area (Å²) in [4.78, 5) is 2.53. The summed E-state index contributed by atoms with van der Waals surface area (Å²) >= 11 is 0. The van der Waals surface area contributed by atoms with Crippen molar-refractivity contribution in [3.8, 4) is 5.75 Å². The minimum absolute atomic E-state index is 0.443. The Hall–Kier alpha value is -1.06. The van der Waals surface area contributed by atoms with E-state index in [1.54, 1.807) is 0 Å². The molecule has 1 atom stereocenters. The van der Waals surface area contributed by atoms with Crippen LogP contribution in [-0.4, -0.2) is 36.7 Å². The number of hydrogen-bond donors (Lipinski definition) is 1. The van der Waals surface area contributed by atoms with Crippen LogP contribution in [0.2, 0.25) is 0 Å². The molecule has 20 heavy (non-hydrogen) atoms. The molecule has 0 aromatic heterocycles. The molecule has 3 nitrogen and oxygen atoms in total. The smallest absolute Gasteiger partial charge is 0.124 e. The van der Waals surface area contributed by atoms with Gasteiger partial charge in [0.2, 0.25) is 0 Å². The fourth-order valence-electron chi connectivity index (χ4n) is 3.33. The average Bonchev–Trinajstić information content (AvgIpc) is 2.94. The van der Waals surface area contributed by atoms with E-state index in [0.29, 0.717) is 12.1 Å². The Morgan fingerprint density at radius 1 is 1.25 bits per heavy atom. The lowest BCUT2D eigenvalue weighted by Gasteiger charge is -2.32. The third-order valence-electron chi connectivity index (χ3n) is 4.42. The second kappa shape index (κ2) is 6.59. The number of nitrogens with one attached hydrogen (secondary N) is 1. The number of nitrogens with zero attached hydrogens (tertiary/aromatic N) is 1. The molecule has 1 unspecified atom stereocenters. The van der Waals surface area contributed by atoms with E-state index in [1.807, 2.05) is 0 Å². The van der Waals surface area contributed by atoms with Gasteiger partial charge in [-0.3, -0.25) is 4.90 Å². The first-order valence-corrected chi connectivity index (χ1v) is 8.01. The summed E-state index contributed by atoms with van der Waals surface area (Å²) < 4.78 is 6.23. The van der Waals surface area contributed by atoms with E-state index in [0.717, 1.165) is 31.9 Å². The van der Waals surface area contributed by atoms with Crippen LogP contribution in [0.1, 0.15) is 38.2 Å². The SMILES string of the molecule is CC1CN(Cc2ccccc2OC2CCCC2)CCN1. The minimum Gasteiger partial charge on any atom is -0.490 e. The Morgan fingerprint density at radius 2 is 2.05 bits per heavy atom. The van der Waals surface area contributed by atoms with Crippen LogP contribution in [0.15, 0.2) is 24.3 Å². The third kappa shape index (κ3) is 3.53. The molecule has 2 aliphatic rings. The van der Waals surface area contributed by atoms with Crippen LogP contribution in [0, 0.1) is 0 Å². The lowest BCUT2D eigenvalue weighted by Crippen LogP contribution is -2.48. The first-order chi connectivity index (χ1) is 9.81. The van der Waals surface area contributed by atoms with Gasteiger partial charge in [0.1, 0.15) is 5.75 Å². The summed E-state index contributed by atoms with van der Waals surface area (Å²) in [6.45, 7) is 6.61. The Morgan fingerprint density at radius 3 is 2.85 bits per heavy atom. The number of benzene rings is 1. The highest BCUT2D eigenvalue weighted by Crippen LogP contribution is 2.27. The normalized spacial score (nSPS) is 24.9. The minimum atomic E-state index is 0.443. The largest absolute Gasteiger partial charge is 0.490 e. The molecule has 0 bridgehead atoms. The van der Waals surface area contributed by atoms with Crippen molar-refractivity contribution in [1.82, 2.24) is 10.2 Å². The summed E-state index contributed by atoms with van der Waals surface area (Å²) in [6.07, 6.45) is 5.53. The third-order valence-corrected chi connectivity index (χ3v) is 4.42. The number of rotatable bonds is 4. The zero-order chi connectivity index (χ0) is 13.8. The van der Waals surface area contributed by atoms with Gasteiger partial charge in [-0.25, -0.2) is 0 Å². The lowest BCUT2D eigenvalue weighted by molar-refractivity contribution is 0.184. The van der Waals surface area contributed by atoms with Crippen molar-refractivity contribution in [1.29, 1.82) is 0 Å². The fourth-order valence-corrected chi connectivity index (χ4v) is 3.33. The van der Waals surface area contributed by atoms with Gasteiger partial charge in [0, 0.05) is 37.8 Å². The van der Waals surface area contributed by atoms with E-state index >= 15 is 0 Å². The molecule has 0 amide bonds. The predicted octanol–water partition coefficient (Wildman–Crippen LogP) is 2.80. The molecule has 110 valence electrons. The molecule has 1 aromatic carbocycles. The Bertz CT molecular complexity index is 429. The van der Waals surface area contributed by atoms with E-state index in [1.165, 1.54) is 31.2 Å². The van der Waals surface area contributed by atoms with Gasteiger partial charge in [-0.2, -0.15) is 0 Å². The van der Waals surface area contributed by atoms with Crippen molar-refractivity contribution in [2.24, 2.45) is 0 Å². The van der Waals surface area contributed by atoms with Crippen molar-refractivity contribution in [2.45, 2.75) is 51.3 Å². The van der Waals surface area contributed by atoms with Crippen molar-refractivity contribution < 1.29 is 4.74 Å². The Labute approximate surface area is 122 Å². The van der Waals surface area contributed by atoms with Gasteiger partial charge in [0.25, 0.3) is 0 Å². The summed E-state index contributed by atoms with van der Waals surface area (Å²) in [7, 11) is 0. The highest BCUT2D eigenvalue weighted by Gasteiger charge is 2.20. The standard InChI is InChI=1S/C17H26N2O/c1-14-12-19(11-10-18-14)13-15-6-2-5-9-17(15)20-16-7-3-4-8-16/h2,5-6,9,14,16,18H,3-4,7-8,10-13H2,1H3. The van der Waals surface area contributed by atoms with E-state index in [4.69, 9.17) is 4.74 Å². The zero-order valence-electron chi connectivity index (χ0n) is 12.5. The van der Waals surface area contributed by atoms with Gasteiger partial charge in [-0.15, -0.1) is 0 Å². The second-order valence-corrected chi connectivity index (χ2v) is 6.22. The van der Waals surface area contributed by atoms with Crippen LogP contribution in [0.25, 0.3) is 0 Å². The van der Waals surface area contributed by atoms with Gasteiger partial charge in [0.15, 0.2) is 0 Å². The van der Waals surface area contributed by atoms with Crippen LogP contribution in [0.3, 0.4) is 0 Å². The van der Waals surface area contributed by atoms with Gasteiger partial charge in [-0.05, 0) is 38.7 Å². The molecule has 1 saturated heterocycles. The zero-order valence-corrected chi connectivity index (χ0v) is 12.5. The summed E-state index contributed by atoms with van der Waals surface area (Å²) in [5.41, 5.74) is 1.34. The maximum atomic E-state index is 6.23. The first kappa shape index (κ1) is 13.9. The molecule has 1 saturated carbocycles. The predicted molar refractivity (Wildman–Crippen MR) is 82.1 cm³/mol. The maximum absolute atomic E-state index is 6.23. The van der Waals surface area contributed by atoms with Gasteiger partial charge in [-0.1, -0.05) is 18.2 Å². The van der Waals surface area contributed by atoms with Crippen LogP contribution < -0.4 is 10.1 Å². The van der Waals surface area contributed by atoms with E-state index in [-0.39, 0.29) is 0 Å². The molecule has 1 aliphatic heterocycles. The van der Waals surface area contributed by atoms with Crippen molar-refractivity contribution in [2.75, 3.05) is 19.6 Å². The van der Waals surface area contributed by atoms with Gasteiger partial charge in [0.05, 0.1) is 6.10 Å². The summed E-state index contributed by atoms with van der Waals surface area (Å²) in [6, 6.07) is 9.17. The molecule has 0 radical (unpaired) electrons.